The molecular formula is C11H22N2O4S. The van der Waals surface area contributed by atoms with Crippen molar-refractivity contribution in [3.8, 4) is 0 Å². The number of nitrogens with zero attached hydrogens (tertiary/aromatic N) is 1. The summed E-state index contributed by atoms with van der Waals surface area (Å²) in [7, 11) is -1.99. The summed E-state index contributed by atoms with van der Waals surface area (Å²) in [5.74, 6) is -0.140. The first kappa shape index (κ1) is 15.4. The Labute approximate surface area is 109 Å². The molecular weight excluding hydrogens is 256 g/mol. The normalized spacial score (nSPS) is 25.3. The summed E-state index contributed by atoms with van der Waals surface area (Å²) >= 11 is 0. The predicted molar refractivity (Wildman–Crippen MR) is 68.4 cm³/mol. The number of sulfonamides is 1. The molecule has 0 aliphatic carbocycles. The van der Waals surface area contributed by atoms with Gasteiger partial charge in [-0.1, -0.05) is 0 Å². The first-order chi connectivity index (χ1) is 8.40. The van der Waals surface area contributed by atoms with Crippen molar-refractivity contribution in [3.63, 3.8) is 0 Å². The number of rotatable bonds is 6. The number of carbonyl (C=O) groups is 1. The number of carbonyl (C=O) groups excluding carboxylic acids is 1. The number of esters is 1. The van der Waals surface area contributed by atoms with Gasteiger partial charge in [-0.05, 0) is 32.2 Å². The second-order valence-corrected chi connectivity index (χ2v) is 6.79. The van der Waals surface area contributed by atoms with E-state index >= 15 is 0 Å². The molecule has 2 atom stereocenters. The lowest BCUT2D eigenvalue weighted by Crippen LogP contribution is -2.36. The Morgan fingerprint density at radius 2 is 2.17 bits per heavy atom. The molecule has 1 saturated heterocycles. The summed E-state index contributed by atoms with van der Waals surface area (Å²) in [5.41, 5.74) is 5.58. The number of nitrogens with two attached hydrogens (primary N) is 1. The van der Waals surface area contributed by atoms with E-state index in [1.807, 2.05) is 6.92 Å². The lowest BCUT2D eigenvalue weighted by Gasteiger charge is -2.20. The molecule has 0 radical (unpaired) electrons. The van der Waals surface area contributed by atoms with E-state index in [1.165, 1.54) is 11.4 Å². The van der Waals surface area contributed by atoms with Crippen LogP contribution < -0.4 is 5.73 Å². The Bertz CT molecular complexity index is 383. The van der Waals surface area contributed by atoms with Crippen molar-refractivity contribution in [2.75, 3.05) is 26.0 Å². The van der Waals surface area contributed by atoms with Gasteiger partial charge in [0.05, 0.1) is 12.9 Å². The number of hydrogen-bond donors (Lipinski definition) is 1. The summed E-state index contributed by atoms with van der Waals surface area (Å²) in [6.07, 6.45) is 1.25. The van der Waals surface area contributed by atoms with Crippen LogP contribution in [0.5, 0.6) is 0 Å². The van der Waals surface area contributed by atoms with Crippen LogP contribution in [0.4, 0.5) is 0 Å². The van der Waals surface area contributed by atoms with Crippen molar-refractivity contribution >= 4 is 16.0 Å². The van der Waals surface area contributed by atoms with Gasteiger partial charge in [0.1, 0.15) is 0 Å². The van der Waals surface area contributed by atoms with Crippen LogP contribution in [-0.2, 0) is 19.6 Å². The Morgan fingerprint density at radius 1 is 1.50 bits per heavy atom. The average Bonchev–Trinajstić information content (AvgIpc) is 2.71. The summed E-state index contributed by atoms with van der Waals surface area (Å²) in [6, 6.07) is 0.00155. The Morgan fingerprint density at radius 3 is 2.67 bits per heavy atom. The van der Waals surface area contributed by atoms with Crippen molar-refractivity contribution in [2.45, 2.75) is 32.2 Å². The van der Waals surface area contributed by atoms with E-state index in [2.05, 4.69) is 4.74 Å². The van der Waals surface area contributed by atoms with E-state index in [-0.39, 0.29) is 30.1 Å². The van der Waals surface area contributed by atoms with Gasteiger partial charge in [-0.25, -0.2) is 8.42 Å². The molecule has 1 aliphatic heterocycles. The topological polar surface area (TPSA) is 89.7 Å². The fourth-order valence-electron chi connectivity index (χ4n) is 2.29. The van der Waals surface area contributed by atoms with Crippen molar-refractivity contribution in [1.29, 1.82) is 0 Å². The second kappa shape index (κ2) is 6.49. The molecule has 1 fully saturated rings. The molecule has 106 valence electrons. The summed E-state index contributed by atoms with van der Waals surface area (Å²) in [5, 5.41) is 0. The van der Waals surface area contributed by atoms with E-state index in [1.54, 1.807) is 0 Å². The van der Waals surface area contributed by atoms with Crippen LogP contribution in [0.15, 0.2) is 0 Å². The lowest BCUT2D eigenvalue weighted by molar-refractivity contribution is -0.140. The molecule has 18 heavy (non-hydrogen) atoms. The van der Waals surface area contributed by atoms with Crippen molar-refractivity contribution in [1.82, 2.24) is 4.31 Å². The van der Waals surface area contributed by atoms with E-state index in [0.717, 1.165) is 6.42 Å². The van der Waals surface area contributed by atoms with Gasteiger partial charge >= 0.3 is 5.97 Å². The van der Waals surface area contributed by atoms with Gasteiger partial charge in [-0.2, -0.15) is 4.31 Å². The Kier molecular flexibility index (Phi) is 5.55. The standard InChI is InChI=1S/C11H22N2O4S/c1-9-6-10(7-12)8-13(9)18(15,16)5-3-4-11(14)17-2/h9-10H,3-8,12H2,1-2H3. The molecule has 0 bridgehead atoms. The van der Waals surface area contributed by atoms with Crippen LogP contribution in [0.1, 0.15) is 26.2 Å². The molecule has 2 N–H and O–H groups in total. The van der Waals surface area contributed by atoms with E-state index in [0.29, 0.717) is 19.5 Å². The molecule has 1 aliphatic rings. The zero-order valence-corrected chi connectivity index (χ0v) is 11.8. The molecule has 0 aromatic carbocycles. The minimum atomic E-state index is -3.29. The summed E-state index contributed by atoms with van der Waals surface area (Å²) in [6.45, 7) is 2.91. The molecule has 6 nitrogen and oxygen atoms in total. The maximum absolute atomic E-state index is 12.1. The molecule has 2 unspecified atom stereocenters. The van der Waals surface area contributed by atoms with Gasteiger partial charge in [0.15, 0.2) is 0 Å². The van der Waals surface area contributed by atoms with Crippen molar-refractivity contribution in [3.05, 3.63) is 0 Å². The highest BCUT2D eigenvalue weighted by Crippen LogP contribution is 2.25. The fraction of sp³-hybridized carbons (Fsp3) is 0.909. The van der Waals surface area contributed by atoms with E-state index in [9.17, 15) is 13.2 Å². The van der Waals surface area contributed by atoms with Gasteiger partial charge in [-0.15, -0.1) is 0 Å². The molecule has 1 heterocycles. The van der Waals surface area contributed by atoms with E-state index in [4.69, 9.17) is 5.73 Å². The molecule has 0 saturated carbocycles. The van der Waals surface area contributed by atoms with Gasteiger partial charge < -0.3 is 10.5 Å². The first-order valence-corrected chi connectivity index (χ1v) is 7.78. The zero-order chi connectivity index (χ0) is 13.8. The third-order valence-corrected chi connectivity index (χ3v) is 5.33. The van der Waals surface area contributed by atoms with Crippen LogP contribution in [0.25, 0.3) is 0 Å². The molecule has 0 aromatic rings. The van der Waals surface area contributed by atoms with Crippen LogP contribution in [0.2, 0.25) is 0 Å². The average molecular weight is 278 g/mol. The highest BCUT2D eigenvalue weighted by molar-refractivity contribution is 7.89. The van der Waals surface area contributed by atoms with E-state index < -0.39 is 10.0 Å². The lowest BCUT2D eigenvalue weighted by atomic mass is 10.1. The molecule has 0 spiro atoms. The summed E-state index contributed by atoms with van der Waals surface area (Å²) < 4.78 is 30.2. The number of ether oxygens (including phenoxy) is 1. The van der Waals surface area contributed by atoms with Gasteiger partial charge in [-0.3, -0.25) is 4.79 Å². The third-order valence-electron chi connectivity index (χ3n) is 3.31. The highest BCUT2D eigenvalue weighted by atomic mass is 32.2. The van der Waals surface area contributed by atoms with Crippen LogP contribution in [0.3, 0.4) is 0 Å². The minimum Gasteiger partial charge on any atom is -0.469 e. The Balaban J connectivity index is 2.51. The highest BCUT2D eigenvalue weighted by Gasteiger charge is 2.35. The van der Waals surface area contributed by atoms with Crippen molar-refractivity contribution in [2.24, 2.45) is 11.7 Å². The quantitative estimate of drug-likeness (QED) is 0.687. The van der Waals surface area contributed by atoms with Gasteiger partial charge in [0.25, 0.3) is 0 Å². The predicted octanol–water partition coefficient (Wildman–Crippen LogP) is -0.0615. The Hall–Kier alpha value is -0.660. The first-order valence-electron chi connectivity index (χ1n) is 6.17. The molecule has 7 heteroatoms. The fourth-order valence-corrected chi connectivity index (χ4v) is 4.10. The van der Waals surface area contributed by atoms with Crippen LogP contribution in [0, 0.1) is 5.92 Å². The smallest absolute Gasteiger partial charge is 0.305 e. The third kappa shape index (κ3) is 3.93. The summed E-state index contributed by atoms with van der Waals surface area (Å²) in [4.78, 5) is 10.9. The maximum atomic E-state index is 12.1. The monoisotopic (exact) mass is 278 g/mol. The second-order valence-electron chi connectivity index (χ2n) is 4.75. The van der Waals surface area contributed by atoms with Gasteiger partial charge in [0.2, 0.25) is 10.0 Å². The zero-order valence-electron chi connectivity index (χ0n) is 11.0. The number of hydrogen-bond acceptors (Lipinski definition) is 5. The number of methoxy groups -OCH3 is 1. The van der Waals surface area contributed by atoms with Crippen LogP contribution >= 0.6 is 0 Å². The van der Waals surface area contributed by atoms with Crippen molar-refractivity contribution < 1.29 is 17.9 Å². The van der Waals surface area contributed by atoms with Crippen LogP contribution in [-0.4, -0.2) is 50.7 Å². The maximum Gasteiger partial charge on any atom is 0.305 e. The molecule has 1 rings (SSSR count). The van der Waals surface area contributed by atoms with Gasteiger partial charge in [0, 0.05) is 19.0 Å². The SMILES string of the molecule is COC(=O)CCCS(=O)(=O)N1CC(CN)CC1C. The molecule has 0 aromatic heterocycles. The minimum absolute atomic E-state index is 0.00155. The molecule has 0 amide bonds. The largest absolute Gasteiger partial charge is 0.469 e.